The van der Waals surface area contributed by atoms with Crippen molar-refractivity contribution < 1.29 is 0 Å². The molecule has 1 aromatic carbocycles. The third-order valence-electron chi connectivity index (χ3n) is 3.10. The highest BCUT2D eigenvalue weighted by molar-refractivity contribution is 9.10. The quantitative estimate of drug-likeness (QED) is 0.666. The number of halogens is 2. The van der Waals surface area contributed by atoms with Crippen LogP contribution in [0.5, 0.6) is 0 Å². The maximum Gasteiger partial charge on any atom is 0.132 e. The number of pyridine rings is 1. The van der Waals surface area contributed by atoms with E-state index in [0.717, 1.165) is 27.4 Å². The van der Waals surface area contributed by atoms with Crippen LogP contribution in [0.4, 0.5) is 0 Å². The van der Waals surface area contributed by atoms with Gasteiger partial charge in [-0.25, -0.2) is 4.98 Å². The smallest absolute Gasteiger partial charge is 0.132 e. The Morgan fingerprint density at radius 3 is 2.68 bits per heavy atom. The van der Waals surface area contributed by atoms with Crippen LogP contribution >= 0.6 is 27.5 Å². The van der Waals surface area contributed by atoms with Gasteiger partial charge in [0.05, 0.1) is 5.52 Å². The van der Waals surface area contributed by atoms with Crippen molar-refractivity contribution in [3.63, 3.8) is 0 Å². The van der Waals surface area contributed by atoms with Gasteiger partial charge in [-0.2, -0.15) is 0 Å². The Balaban J connectivity index is 2.03. The number of imidazole rings is 1. The molecule has 3 rings (SSSR count). The number of benzene rings is 1. The molecule has 0 aliphatic carbocycles. The van der Waals surface area contributed by atoms with Gasteiger partial charge in [0.2, 0.25) is 0 Å². The topological polar surface area (TPSA) is 17.3 Å². The van der Waals surface area contributed by atoms with Crippen molar-refractivity contribution >= 4 is 33.0 Å². The average molecular weight is 336 g/mol. The van der Waals surface area contributed by atoms with Crippen molar-refractivity contribution in [2.45, 2.75) is 13.3 Å². The second kappa shape index (κ2) is 4.99. The summed E-state index contributed by atoms with van der Waals surface area (Å²) in [5.41, 5.74) is 3.53. The van der Waals surface area contributed by atoms with E-state index in [9.17, 15) is 0 Å². The first kappa shape index (κ1) is 12.7. The van der Waals surface area contributed by atoms with Crippen molar-refractivity contribution in [2.75, 3.05) is 0 Å². The number of nitrogens with zero attached hydrogens (tertiary/aromatic N) is 2. The highest BCUT2D eigenvalue weighted by atomic mass is 79.9. The largest absolute Gasteiger partial charge is 0.302 e. The van der Waals surface area contributed by atoms with E-state index >= 15 is 0 Å². The zero-order valence-corrected chi connectivity index (χ0v) is 12.7. The molecule has 2 nitrogen and oxygen atoms in total. The van der Waals surface area contributed by atoms with E-state index in [-0.39, 0.29) is 0 Å². The van der Waals surface area contributed by atoms with Gasteiger partial charge >= 0.3 is 0 Å². The van der Waals surface area contributed by atoms with Crippen LogP contribution in [0.2, 0.25) is 5.02 Å². The molecule has 0 radical (unpaired) electrons. The molecule has 0 bridgehead atoms. The first-order chi connectivity index (χ1) is 9.13. The highest BCUT2D eigenvalue weighted by Crippen LogP contribution is 2.22. The summed E-state index contributed by atoms with van der Waals surface area (Å²) in [6.45, 7) is 2.08. The van der Waals surface area contributed by atoms with Crippen molar-refractivity contribution in [3.05, 3.63) is 69.2 Å². The summed E-state index contributed by atoms with van der Waals surface area (Å²) in [5, 5.41) is 0.758. The lowest BCUT2D eigenvalue weighted by Gasteiger charge is -2.02. The molecule has 19 heavy (non-hydrogen) atoms. The predicted molar refractivity (Wildman–Crippen MR) is 81.9 cm³/mol. The third-order valence-corrected chi connectivity index (χ3v) is 3.94. The summed E-state index contributed by atoms with van der Waals surface area (Å²) in [6, 6.07) is 12.1. The number of hydrogen-bond acceptors (Lipinski definition) is 1. The molecule has 0 saturated heterocycles. The first-order valence-corrected chi connectivity index (χ1v) is 7.18. The molecule has 0 aliphatic heterocycles. The van der Waals surface area contributed by atoms with Gasteiger partial charge in [-0.05, 0) is 58.2 Å². The maximum absolute atomic E-state index is 5.90. The van der Waals surface area contributed by atoms with Gasteiger partial charge in [0.1, 0.15) is 10.4 Å². The standard InChI is InChI=1S/C15H12BrClN2/c1-10-6-7-19-13(8-10)15(16)18-14(19)9-11-2-4-12(17)5-3-11/h2-8H,9H2,1H3. The van der Waals surface area contributed by atoms with Crippen LogP contribution < -0.4 is 0 Å². The lowest BCUT2D eigenvalue weighted by molar-refractivity contribution is 0.957. The Labute approximate surface area is 125 Å². The Morgan fingerprint density at radius 2 is 1.95 bits per heavy atom. The van der Waals surface area contributed by atoms with E-state index in [1.165, 1.54) is 11.1 Å². The van der Waals surface area contributed by atoms with Crippen LogP contribution in [0, 0.1) is 6.92 Å². The lowest BCUT2D eigenvalue weighted by Crippen LogP contribution is -1.96. The summed E-state index contributed by atoms with van der Waals surface area (Å²) >= 11 is 9.43. The zero-order chi connectivity index (χ0) is 13.4. The highest BCUT2D eigenvalue weighted by Gasteiger charge is 2.09. The van der Waals surface area contributed by atoms with Crippen LogP contribution in [0.15, 0.2) is 47.2 Å². The summed E-state index contributed by atoms with van der Waals surface area (Å²) in [6.07, 6.45) is 2.85. The Morgan fingerprint density at radius 1 is 1.21 bits per heavy atom. The normalized spacial score (nSPS) is 11.1. The van der Waals surface area contributed by atoms with E-state index in [1.54, 1.807) is 0 Å². The molecule has 0 N–H and O–H groups in total. The number of aromatic nitrogens is 2. The van der Waals surface area contributed by atoms with Crippen molar-refractivity contribution in [2.24, 2.45) is 0 Å². The molecule has 0 amide bonds. The number of aryl methyl sites for hydroxylation is 1. The van der Waals surface area contributed by atoms with Crippen LogP contribution in [0.25, 0.3) is 5.52 Å². The fourth-order valence-electron chi connectivity index (χ4n) is 2.12. The Hall–Kier alpha value is -1.32. The molecule has 0 spiro atoms. The minimum Gasteiger partial charge on any atom is -0.302 e. The van der Waals surface area contributed by atoms with Gasteiger partial charge in [0.15, 0.2) is 0 Å². The minimum atomic E-state index is 0.758. The number of fused-ring (bicyclic) bond motifs is 1. The SMILES string of the molecule is Cc1ccn2c(Cc3ccc(Cl)cc3)nc(Br)c2c1. The van der Waals surface area contributed by atoms with Gasteiger partial charge in [-0.3, -0.25) is 0 Å². The fourth-order valence-corrected chi connectivity index (χ4v) is 2.76. The van der Waals surface area contributed by atoms with Crippen molar-refractivity contribution in [3.8, 4) is 0 Å². The van der Waals surface area contributed by atoms with Crippen LogP contribution in [0.1, 0.15) is 17.0 Å². The molecule has 2 heterocycles. The first-order valence-electron chi connectivity index (χ1n) is 6.01. The summed E-state index contributed by atoms with van der Waals surface area (Å²) < 4.78 is 3.01. The van der Waals surface area contributed by atoms with Crippen LogP contribution in [0.3, 0.4) is 0 Å². The molecule has 2 aromatic heterocycles. The molecule has 3 aromatic rings. The van der Waals surface area contributed by atoms with Gasteiger partial charge in [-0.15, -0.1) is 0 Å². The van der Waals surface area contributed by atoms with E-state index in [2.05, 4.69) is 50.6 Å². The second-order valence-corrected chi connectivity index (χ2v) is 5.77. The molecule has 96 valence electrons. The monoisotopic (exact) mass is 334 g/mol. The molecule has 0 aliphatic rings. The summed E-state index contributed by atoms with van der Waals surface area (Å²) in [5.74, 6) is 1.02. The second-order valence-electron chi connectivity index (χ2n) is 4.58. The van der Waals surface area contributed by atoms with E-state index in [0.29, 0.717) is 0 Å². The van der Waals surface area contributed by atoms with Gasteiger partial charge < -0.3 is 4.40 Å². The predicted octanol–water partition coefficient (Wildman–Crippen LogP) is 4.65. The van der Waals surface area contributed by atoms with E-state index in [4.69, 9.17) is 11.6 Å². The summed E-state index contributed by atoms with van der Waals surface area (Å²) in [7, 11) is 0. The van der Waals surface area contributed by atoms with E-state index < -0.39 is 0 Å². The maximum atomic E-state index is 5.90. The van der Waals surface area contributed by atoms with Crippen LogP contribution in [-0.4, -0.2) is 9.38 Å². The third kappa shape index (κ3) is 2.53. The fraction of sp³-hybridized carbons (Fsp3) is 0.133. The molecular formula is C15H12BrClN2. The average Bonchev–Trinajstić information content (AvgIpc) is 2.69. The molecule has 0 atom stereocenters. The van der Waals surface area contributed by atoms with Gasteiger partial charge in [-0.1, -0.05) is 23.7 Å². The van der Waals surface area contributed by atoms with Gasteiger partial charge in [0.25, 0.3) is 0 Å². The lowest BCUT2D eigenvalue weighted by atomic mass is 10.1. The van der Waals surface area contributed by atoms with Gasteiger partial charge in [0, 0.05) is 17.6 Å². The van der Waals surface area contributed by atoms with Crippen LogP contribution in [-0.2, 0) is 6.42 Å². The Kier molecular flexibility index (Phi) is 3.33. The van der Waals surface area contributed by atoms with Crippen molar-refractivity contribution in [1.82, 2.24) is 9.38 Å². The number of rotatable bonds is 2. The van der Waals surface area contributed by atoms with E-state index in [1.807, 2.05) is 24.3 Å². The molecule has 0 fully saturated rings. The summed E-state index contributed by atoms with van der Waals surface area (Å²) in [4.78, 5) is 4.60. The van der Waals surface area contributed by atoms with Crippen molar-refractivity contribution in [1.29, 1.82) is 0 Å². The zero-order valence-electron chi connectivity index (χ0n) is 10.4. The molecule has 4 heteroatoms. The molecule has 0 saturated carbocycles. The Bertz CT molecular complexity index is 732. The molecular weight excluding hydrogens is 324 g/mol. The molecule has 0 unspecified atom stereocenters. The number of hydrogen-bond donors (Lipinski definition) is 0. The minimum absolute atomic E-state index is 0.758.